The number of ether oxygens (including phenoxy) is 4. The van der Waals surface area contributed by atoms with Gasteiger partial charge >= 0.3 is 16.4 Å². The van der Waals surface area contributed by atoms with E-state index in [4.69, 9.17) is 23.5 Å². The molecule has 2 rings (SSSR count). The Bertz CT molecular complexity index is 1240. The van der Waals surface area contributed by atoms with E-state index in [0.717, 1.165) is 13.8 Å². The molecule has 292 valence electrons. The van der Waals surface area contributed by atoms with E-state index in [-0.39, 0.29) is 0 Å². The van der Waals surface area contributed by atoms with Crippen molar-refractivity contribution in [2.75, 3.05) is 26.4 Å². The number of aliphatic carboxylic acids is 1. The molecule has 2 heterocycles. The summed E-state index contributed by atoms with van der Waals surface area (Å²) in [5.41, 5.74) is 0. The molecular formula is C25H44N2O22S. The van der Waals surface area contributed by atoms with Gasteiger partial charge < -0.3 is 85.8 Å². The fourth-order valence-corrected chi connectivity index (χ4v) is 5.61. The Kier molecular flexibility index (Phi) is 16.2. The number of amides is 2. The first kappa shape index (κ1) is 43.9. The first-order valence-electron chi connectivity index (χ1n) is 14.8. The van der Waals surface area contributed by atoms with E-state index in [1.54, 1.807) is 0 Å². The van der Waals surface area contributed by atoms with Gasteiger partial charge in [-0.05, 0) is 0 Å². The summed E-state index contributed by atoms with van der Waals surface area (Å²) in [4.78, 5) is 36.3. The molecule has 2 saturated heterocycles. The third kappa shape index (κ3) is 11.1. The zero-order valence-electron chi connectivity index (χ0n) is 26.5. The summed E-state index contributed by atoms with van der Waals surface area (Å²) in [7, 11) is -5.26. The molecule has 25 heteroatoms. The molecule has 24 nitrogen and oxygen atoms in total. The Hall–Kier alpha value is -2.28. The van der Waals surface area contributed by atoms with Crippen LogP contribution in [0.4, 0.5) is 0 Å². The SMILES string of the molecule is CC(=O)N[C@H]1[C@H]([C@H](O)[C@H](O)CO)O[C@@](O[C@H]2[C@@H](O)[C@@H](COS(=O)(=O)O)O[C@@H](O[C@@H]([C@@H](O)[C@H](O)CO)[C@H](CO)NC(C)=O)[C@@H]2O)(C(=O)O)C[C@@H]1O. The molecule has 0 saturated carbocycles. The monoisotopic (exact) mass is 756 g/mol. The van der Waals surface area contributed by atoms with E-state index < -0.39 is 152 Å². The van der Waals surface area contributed by atoms with Crippen molar-refractivity contribution in [2.45, 2.75) is 112 Å². The normalized spacial score (nSPS) is 34.1. The van der Waals surface area contributed by atoms with E-state index in [0.29, 0.717) is 0 Å². The van der Waals surface area contributed by atoms with E-state index in [2.05, 4.69) is 14.8 Å². The first-order valence-corrected chi connectivity index (χ1v) is 16.1. The van der Waals surface area contributed by atoms with Gasteiger partial charge in [-0.15, -0.1) is 0 Å². The Morgan fingerprint density at radius 1 is 0.940 bits per heavy atom. The summed E-state index contributed by atoms with van der Waals surface area (Å²) >= 11 is 0. The molecule has 0 aliphatic carbocycles. The zero-order chi connectivity index (χ0) is 38.3. The van der Waals surface area contributed by atoms with Crippen LogP contribution in [0.5, 0.6) is 0 Å². The van der Waals surface area contributed by atoms with Gasteiger partial charge in [-0.2, -0.15) is 8.42 Å². The fourth-order valence-electron chi connectivity index (χ4n) is 5.30. The van der Waals surface area contributed by atoms with Crippen molar-refractivity contribution in [3.05, 3.63) is 0 Å². The van der Waals surface area contributed by atoms with Crippen LogP contribution in [0.15, 0.2) is 0 Å². The van der Waals surface area contributed by atoms with Gasteiger partial charge in [0.25, 0.3) is 5.79 Å². The van der Waals surface area contributed by atoms with Gasteiger partial charge in [-0.3, -0.25) is 14.1 Å². The predicted molar refractivity (Wildman–Crippen MR) is 154 cm³/mol. The fraction of sp³-hybridized carbons (Fsp3) is 0.880. The number of carboxylic acids is 1. The first-order chi connectivity index (χ1) is 23.1. The molecule has 0 aromatic heterocycles. The zero-order valence-corrected chi connectivity index (χ0v) is 27.3. The van der Waals surface area contributed by atoms with Crippen LogP contribution < -0.4 is 10.6 Å². The van der Waals surface area contributed by atoms with Crippen molar-refractivity contribution in [2.24, 2.45) is 0 Å². The molecule has 0 radical (unpaired) electrons. The molecular weight excluding hydrogens is 712 g/mol. The smallest absolute Gasteiger partial charge is 0.397 e. The molecule has 0 unspecified atom stereocenters. The highest BCUT2D eigenvalue weighted by atomic mass is 32.3. The Morgan fingerprint density at radius 3 is 2.02 bits per heavy atom. The number of hydrogen-bond acceptors (Lipinski definition) is 20. The molecule has 2 aliphatic rings. The van der Waals surface area contributed by atoms with Crippen molar-refractivity contribution in [1.82, 2.24) is 10.6 Å². The van der Waals surface area contributed by atoms with Crippen LogP contribution in [-0.4, -0.2) is 205 Å². The number of hydrogen-bond donors (Lipinski definition) is 14. The van der Waals surface area contributed by atoms with Gasteiger partial charge in [0.2, 0.25) is 11.8 Å². The Balaban J connectivity index is 2.64. The van der Waals surface area contributed by atoms with Gasteiger partial charge in [0.05, 0.1) is 44.6 Å². The summed E-state index contributed by atoms with van der Waals surface area (Å²) in [6.45, 7) is -2.59. The van der Waals surface area contributed by atoms with Crippen molar-refractivity contribution < 1.29 is 107 Å². The molecule has 2 aliphatic heterocycles. The van der Waals surface area contributed by atoms with Crippen molar-refractivity contribution in [3.63, 3.8) is 0 Å². The maximum absolute atomic E-state index is 12.7. The van der Waals surface area contributed by atoms with Crippen molar-refractivity contribution in [1.29, 1.82) is 0 Å². The number of carbonyl (C=O) groups is 3. The lowest BCUT2D eigenvalue weighted by Gasteiger charge is -2.50. The van der Waals surface area contributed by atoms with Gasteiger partial charge in [0.1, 0.15) is 61.0 Å². The van der Waals surface area contributed by atoms with Gasteiger partial charge in [0.15, 0.2) is 6.29 Å². The molecule has 0 aromatic carbocycles. The van der Waals surface area contributed by atoms with E-state index in [9.17, 15) is 79.0 Å². The molecule has 0 bridgehead atoms. The maximum Gasteiger partial charge on any atom is 0.397 e. The molecule has 2 fully saturated rings. The van der Waals surface area contributed by atoms with Crippen LogP contribution in [0.3, 0.4) is 0 Å². The van der Waals surface area contributed by atoms with E-state index >= 15 is 0 Å². The van der Waals surface area contributed by atoms with Gasteiger partial charge in [-0.1, -0.05) is 0 Å². The number of aliphatic hydroxyl groups is 10. The molecule has 0 aromatic rings. The van der Waals surface area contributed by atoms with Crippen LogP contribution in [0.1, 0.15) is 20.3 Å². The second-order valence-corrected chi connectivity index (χ2v) is 12.6. The van der Waals surface area contributed by atoms with E-state index in [1.165, 1.54) is 0 Å². The third-order valence-electron chi connectivity index (χ3n) is 7.73. The minimum atomic E-state index is -5.26. The summed E-state index contributed by atoms with van der Waals surface area (Å²) in [5, 5.41) is 118. The number of nitrogens with one attached hydrogen (secondary N) is 2. The second kappa shape index (κ2) is 18.5. The topological polar surface area (TPSA) is 398 Å². The average molecular weight is 757 g/mol. The standard InChI is InChI=1S/C25H44N2O22S/c1-8(31)26-10(4-28)20(16(36)12(34)5-29)47-23-19(39)22(18(38)14(46-23)7-45-50(42,43)44)49-25(24(40)41)3-11(33)15(27-9(2)32)21(48-25)17(37)13(35)6-30/h10-23,28-30,33-39H,3-7H2,1-2H3,(H,26,31)(H,27,32)(H,40,41)(H,42,43,44)/t10-,11-,12+,13+,14+,15+,16-,17+,18-,19+,20+,21+,22-,23-,25-/m0/s1. The highest BCUT2D eigenvalue weighted by Crippen LogP contribution is 2.38. The Morgan fingerprint density at radius 2 is 1.54 bits per heavy atom. The molecule has 50 heavy (non-hydrogen) atoms. The molecule has 2 amide bonds. The maximum atomic E-state index is 12.7. The lowest BCUT2D eigenvalue weighted by atomic mass is 9.88. The largest absolute Gasteiger partial charge is 0.477 e. The lowest BCUT2D eigenvalue weighted by Crippen LogP contribution is -2.70. The van der Waals surface area contributed by atoms with E-state index in [1.807, 2.05) is 0 Å². The number of rotatable bonds is 18. The number of carbonyl (C=O) groups excluding carboxylic acids is 2. The highest BCUT2D eigenvalue weighted by Gasteiger charge is 2.60. The molecule has 0 spiro atoms. The van der Waals surface area contributed by atoms with Crippen LogP contribution in [0, 0.1) is 0 Å². The Labute approximate surface area is 283 Å². The minimum absolute atomic E-state index is 0.818. The van der Waals surface area contributed by atoms with Crippen molar-refractivity contribution in [3.8, 4) is 0 Å². The quantitative estimate of drug-likeness (QED) is 0.0577. The second-order valence-electron chi connectivity index (χ2n) is 11.5. The predicted octanol–water partition coefficient (Wildman–Crippen LogP) is -8.62. The number of aliphatic hydroxyl groups excluding tert-OH is 10. The van der Waals surface area contributed by atoms with Gasteiger partial charge in [0, 0.05) is 20.3 Å². The highest BCUT2D eigenvalue weighted by molar-refractivity contribution is 7.80. The summed E-state index contributed by atoms with van der Waals surface area (Å²) in [5.74, 6) is -6.96. The van der Waals surface area contributed by atoms with Crippen LogP contribution >= 0.6 is 0 Å². The molecule has 15 atom stereocenters. The van der Waals surface area contributed by atoms with Crippen LogP contribution in [0.25, 0.3) is 0 Å². The summed E-state index contributed by atoms with van der Waals surface area (Å²) in [6.07, 6.45) is -27.2. The average Bonchev–Trinajstić information content (AvgIpc) is 3.03. The minimum Gasteiger partial charge on any atom is -0.477 e. The lowest BCUT2D eigenvalue weighted by molar-refractivity contribution is -0.375. The van der Waals surface area contributed by atoms with Gasteiger partial charge in [-0.25, -0.2) is 8.98 Å². The summed E-state index contributed by atoms with van der Waals surface area (Å²) in [6, 6.07) is -3.29. The molecule has 14 N–H and O–H groups in total. The van der Waals surface area contributed by atoms with Crippen molar-refractivity contribution >= 4 is 28.2 Å². The summed E-state index contributed by atoms with van der Waals surface area (Å²) < 4.78 is 57.9. The number of carboxylic acid groups (broad SMARTS) is 1. The van der Waals surface area contributed by atoms with Crippen LogP contribution in [0.2, 0.25) is 0 Å². The van der Waals surface area contributed by atoms with Crippen LogP contribution in [-0.2, 0) is 47.9 Å². The third-order valence-corrected chi connectivity index (χ3v) is 8.16.